The SMILES string of the molecule is O=C(CN1C(=O)C(=O)c2ccccc21)Nc1ccc(Cl)cc1Cl. The van der Waals surface area contributed by atoms with Crippen LogP contribution in [-0.4, -0.2) is 24.1 Å². The van der Waals surface area contributed by atoms with Gasteiger partial charge in [-0.15, -0.1) is 0 Å². The molecule has 0 unspecified atom stereocenters. The number of Topliss-reactive ketones (excluding diaryl/α,β-unsaturated/α-hetero) is 1. The van der Waals surface area contributed by atoms with Gasteiger partial charge < -0.3 is 5.32 Å². The summed E-state index contributed by atoms with van der Waals surface area (Å²) in [7, 11) is 0. The number of benzene rings is 2. The first-order valence-electron chi connectivity index (χ1n) is 6.67. The van der Waals surface area contributed by atoms with Gasteiger partial charge in [-0.25, -0.2) is 0 Å². The number of nitrogens with zero attached hydrogens (tertiary/aromatic N) is 1. The van der Waals surface area contributed by atoms with E-state index in [9.17, 15) is 14.4 Å². The van der Waals surface area contributed by atoms with E-state index in [1.165, 1.54) is 6.07 Å². The average Bonchev–Trinajstić information content (AvgIpc) is 2.76. The predicted octanol–water partition coefficient (Wildman–Crippen LogP) is 3.16. The number of hydrogen-bond acceptors (Lipinski definition) is 3. The molecular weight excluding hydrogens is 339 g/mol. The second-order valence-electron chi connectivity index (χ2n) is 4.91. The minimum absolute atomic E-state index is 0.277. The third-order valence-corrected chi connectivity index (χ3v) is 3.93. The van der Waals surface area contributed by atoms with Gasteiger partial charge >= 0.3 is 0 Å². The average molecular weight is 349 g/mol. The van der Waals surface area contributed by atoms with Crippen molar-refractivity contribution in [2.75, 3.05) is 16.8 Å². The van der Waals surface area contributed by atoms with E-state index in [0.29, 0.717) is 22.0 Å². The maximum absolute atomic E-state index is 12.2. The van der Waals surface area contributed by atoms with Crippen LogP contribution >= 0.6 is 23.2 Å². The molecule has 1 heterocycles. The standard InChI is InChI=1S/C16H10Cl2N2O3/c17-9-5-6-12(11(18)7-9)19-14(21)8-20-13-4-2-1-3-10(13)15(22)16(20)23/h1-7H,8H2,(H,19,21). The molecule has 0 aromatic heterocycles. The molecule has 0 fully saturated rings. The van der Waals surface area contributed by atoms with Crippen LogP contribution in [0.5, 0.6) is 0 Å². The van der Waals surface area contributed by atoms with Crippen molar-refractivity contribution in [2.24, 2.45) is 0 Å². The molecule has 2 aromatic rings. The number of anilines is 2. The highest BCUT2D eigenvalue weighted by molar-refractivity contribution is 6.52. The van der Waals surface area contributed by atoms with Crippen molar-refractivity contribution in [3.63, 3.8) is 0 Å². The number of amides is 2. The van der Waals surface area contributed by atoms with Crippen LogP contribution in [0, 0.1) is 0 Å². The molecule has 1 aliphatic heterocycles. The van der Waals surface area contributed by atoms with E-state index in [-0.39, 0.29) is 11.6 Å². The van der Waals surface area contributed by atoms with Gasteiger partial charge in [-0.3, -0.25) is 19.3 Å². The Hall–Kier alpha value is -2.37. The number of nitrogens with one attached hydrogen (secondary N) is 1. The van der Waals surface area contributed by atoms with Crippen molar-refractivity contribution >= 4 is 52.2 Å². The number of hydrogen-bond donors (Lipinski definition) is 1. The van der Waals surface area contributed by atoms with Crippen LogP contribution in [0.25, 0.3) is 0 Å². The number of carbonyl (C=O) groups is 3. The van der Waals surface area contributed by atoms with Crippen LogP contribution in [0.3, 0.4) is 0 Å². The lowest BCUT2D eigenvalue weighted by Crippen LogP contribution is -2.37. The molecule has 2 aromatic carbocycles. The second kappa shape index (κ2) is 6.02. The van der Waals surface area contributed by atoms with E-state index in [1.54, 1.807) is 36.4 Å². The molecule has 7 heteroatoms. The van der Waals surface area contributed by atoms with E-state index in [2.05, 4.69) is 5.32 Å². The first kappa shape index (κ1) is 15.5. The normalized spacial score (nSPS) is 13.2. The summed E-state index contributed by atoms with van der Waals surface area (Å²) >= 11 is 11.8. The maximum Gasteiger partial charge on any atom is 0.299 e. The maximum atomic E-state index is 12.2. The van der Waals surface area contributed by atoms with Crippen LogP contribution in [0.2, 0.25) is 10.0 Å². The van der Waals surface area contributed by atoms with Gasteiger partial charge in [-0.05, 0) is 30.3 Å². The van der Waals surface area contributed by atoms with Gasteiger partial charge in [0.15, 0.2) is 0 Å². The van der Waals surface area contributed by atoms with Crippen LogP contribution in [0.4, 0.5) is 11.4 Å². The fourth-order valence-corrected chi connectivity index (χ4v) is 2.79. The number of para-hydroxylation sites is 1. The van der Waals surface area contributed by atoms with Crippen molar-refractivity contribution < 1.29 is 14.4 Å². The molecule has 3 rings (SSSR count). The smallest absolute Gasteiger partial charge is 0.299 e. The predicted molar refractivity (Wildman–Crippen MR) is 88.2 cm³/mol. The van der Waals surface area contributed by atoms with E-state index in [1.807, 2.05) is 0 Å². The minimum Gasteiger partial charge on any atom is -0.323 e. The van der Waals surface area contributed by atoms with Crippen molar-refractivity contribution in [3.05, 3.63) is 58.1 Å². The topological polar surface area (TPSA) is 66.5 Å². The Morgan fingerprint density at radius 1 is 1.09 bits per heavy atom. The summed E-state index contributed by atoms with van der Waals surface area (Å²) in [5.41, 5.74) is 1.11. The summed E-state index contributed by atoms with van der Waals surface area (Å²) in [6.45, 7) is -0.277. The summed E-state index contributed by atoms with van der Waals surface area (Å²) in [6, 6.07) is 11.2. The molecule has 0 radical (unpaired) electrons. The molecule has 5 nitrogen and oxygen atoms in total. The third-order valence-electron chi connectivity index (χ3n) is 3.39. The van der Waals surface area contributed by atoms with Gasteiger partial charge in [0, 0.05) is 5.02 Å². The van der Waals surface area contributed by atoms with E-state index in [0.717, 1.165) is 4.90 Å². The fourth-order valence-electron chi connectivity index (χ4n) is 2.33. The summed E-state index contributed by atoms with van der Waals surface area (Å²) in [5, 5.41) is 3.33. The first-order valence-corrected chi connectivity index (χ1v) is 7.43. The lowest BCUT2D eigenvalue weighted by Gasteiger charge is -2.16. The number of ketones is 1. The summed E-state index contributed by atoms with van der Waals surface area (Å²) < 4.78 is 0. The van der Waals surface area contributed by atoms with Crippen molar-refractivity contribution in [1.29, 1.82) is 0 Å². The summed E-state index contributed by atoms with van der Waals surface area (Å²) in [5.74, 6) is -1.80. The van der Waals surface area contributed by atoms with Crippen LogP contribution in [0.15, 0.2) is 42.5 Å². The zero-order valence-corrected chi connectivity index (χ0v) is 13.2. The van der Waals surface area contributed by atoms with Gasteiger partial charge in [0.2, 0.25) is 5.91 Å². The molecule has 1 aliphatic rings. The highest BCUT2D eigenvalue weighted by Crippen LogP contribution is 2.29. The molecule has 0 aliphatic carbocycles. The molecular formula is C16H10Cl2N2O3. The zero-order valence-electron chi connectivity index (χ0n) is 11.7. The van der Waals surface area contributed by atoms with Gasteiger partial charge in [0.1, 0.15) is 6.54 Å². The summed E-state index contributed by atoms with van der Waals surface area (Å²) in [6.07, 6.45) is 0. The van der Waals surface area contributed by atoms with Gasteiger partial charge in [0.25, 0.3) is 11.7 Å². The van der Waals surface area contributed by atoms with E-state index >= 15 is 0 Å². The number of halogens is 2. The largest absolute Gasteiger partial charge is 0.323 e. The van der Waals surface area contributed by atoms with E-state index < -0.39 is 17.6 Å². The van der Waals surface area contributed by atoms with Crippen LogP contribution < -0.4 is 10.2 Å². The highest BCUT2D eigenvalue weighted by Gasteiger charge is 2.36. The molecule has 23 heavy (non-hydrogen) atoms. The molecule has 0 bridgehead atoms. The Balaban J connectivity index is 1.78. The van der Waals surface area contributed by atoms with Gasteiger partial charge in [0.05, 0.1) is 22.0 Å². The summed E-state index contributed by atoms with van der Waals surface area (Å²) in [4.78, 5) is 37.2. The lowest BCUT2D eigenvalue weighted by molar-refractivity contribution is -0.118. The quantitative estimate of drug-likeness (QED) is 0.866. The van der Waals surface area contributed by atoms with Crippen molar-refractivity contribution in [3.8, 4) is 0 Å². The molecule has 0 saturated heterocycles. The monoisotopic (exact) mass is 348 g/mol. The lowest BCUT2D eigenvalue weighted by atomic mass is 10.1. The molecule has 116 valence electrons. The number of rotatable bonds is 3. The molecule has 0 spiro atoms. The Kier molecular flexibility index (Phi) is 4.07. The zero-order chi connectivity index (χ0) is 16.6. The third kappa shape index (κ3) is 2.93. The van der Waals surface area contributed by atoms with Crippen molar-refractivity contribution in [2.45, 2.75) is 0 Å². The highest BCUT2D eigenvalue weighted by atomic mass is 35.5. The van der Waals surface area contributed by atoms with Crippen LogP contribution in [-0.2, 0) is 9.59 Å². The van der Waals surface area contributed by atoms with Gasteiger partial charge in [-0.1, -0.05) is 35.3 Å². The molecule has 1 N–H and O–H groups in total. The minimum atomic E-state index is -0.719. The second-order valence-corrected chi connectivity index (χ2v) is 5.75. The number of fused-ring (bicyclic) bond motifs is 1. The molecule has 0 atom stereocenters. The molecule has 0 saturated carbocycles. The fraction of sp³-hybridized carbons (Fsp3) is 0.0625. The number of carbonyl (C=O) groups excluding carboxylic acids is 3. The Morgan fingerprint density at radius 2 is 1.83 bits per heavy atom. The first-order chi connectivity index (χ1) is 11.0. The van der Waals surface area contributed by atoms with Crippen LogP contribution in [0.1, 0.15) is 10.4 Å². The Morgan fingerprint density at radius 3 is 2.57 bits per heavy atom. The van der Waals surface area contributed by atoms with Crippen molar-refractivity contribution in [1.82, 2.24) is 0 Å². The van der Waals surface area contributed by atoms with Gasteiger partial charge in [-0.2, -0.15) is 0 Å². The Labute approximate surface area is 141 Å². The van der Waals surface area contributed by atoms with E-state index in [4.69, 9.17) is 23.2 Å². The Bertz CT molecular complexity index is 836. The molecule has 2 amide bonds.